The Balaban J connectivity index is 2.39. The van der Waals surface area contributed by atoms with Gasteiger partial charge in [0, 0.05) is 6.54 Å². The fourth-order valence-corrected chi connectivity index (χ4v) is 1.37. The van der Waals surface area contributed by atoms with Gasteiger partial charge >= 0.3 is 5.97 Å². The Kier molecular flexibility index (Phi) is 5.51. The molecule has 0 spiro atoms. The average molecular weight is 259 g/mol. The first-order valence-electron chi connectivity index (χ1n) is 5.42. The minimum absolute atomic E-state index is 0.133. The second kappa shape index (κ2) is 6.90. The molecule has 0 radical (unpaired) electrons. The molecule has 0 fully saturated rings. The van der Waals surface area contributed by atoms with Crippen molar-refractivity contribution in [3.63, 3.8) is 0 Å². The summed E-state index contributed by atoms with van der Waals surface area (Å²) < 4.78 is 29.4. The molecule has 0 aliphatic carbocycles. The summed E-state index contributed by atoms with van der Waals surface area (Å²) in [6.45, 7) is 0.270. The largest absolute Gasteiger partial charge is 0.492 e. The van der Waals surface area contributed by atoms with Gasteiger partial charge in [0.05, 0.1) is 12.1 Å². The van der Waals surface area contributed by atoms with E-state index in [0.717, 1.165) is 0 Å². The minimum Gasteiger partial charge on any atom is -0.492 e. The number of rotatable bonds is 7. The normalized spacial score (nSPS) is 10.9. The number of carboxylic acid groups (broad SMARTS) is 1. The molecule has 0 saturated heterocycles. The lowest BCUT2D eigenvalue weighted by atomic mass is 10.2. The van der Waals surface area contributed by atoms with Crippen molar-refractivity contribution in [3.8, 4) is 5.75 Å². The Morgan fingerprint density at radius 3 is 2.83 bits per heavy atom. The Labute approximate surface area is 104 Å². The predicted molar refractivity (Wildman–Crippen MR) is 62.4 cm³/mol. The van der Waals surface area contributed by atoms with Crippen LogP contribution in [0.3, 0.4) is 0 Å². The fourth-order valence-electron chi connectivity index (χ4n) is 1.37. The number of nitrogens with zero attached hydrogens (tertiary/aromatic N) is 1. The second-order valence-electron chi connectivity index (χ2n) is 3.83. The maximum Gasteiger partial charge on any atom is 0.335 e. The number of likely N-dealkylation sites (N-methyl/N-ethyl adjacent to an activating group) is 1. The molecule has 6 heteroatoms. The first kappa shape index (κ1) is 14.4. The lowest BCUT2D eigenvalue weighted by molar-refractivity contribution is 0.0695. The average Bonchev–Trinajstić information content (AvgIpc) is 2.28. The third kappa shape index (κ3) is 5.09. The number of hydrogen-bond donors (Lipinski definition) is 1. The van der Waals surface area contributed by atoms with Gasteiger partial charge in [-0.3, -0.25) is 4.90 Å². The number of benzene rings is 1. The van der Waals surface area contributed by atoms with E-state index in [1.807, 2.05) is 0 Å². The van der Waals surface area contributed by atoms with E-state index in [1.165, 1.54) is 17.0 Å². The zero-order valence-electron chi connectivity index (χ0n) is 9.97. The van der Waals surface area contributed by atoms with Crippen molar-refractivity contribution in [2.45, 2.75) is 6.43 Å². The lowest BCUT2D eigenvalue weighted by Crippen LogP contribution is -2.28. The highest BCUT2D eigenvalue weighted by Crippen LogP contribution is 2.13. The van der Waals surface area contributed by atoms with Crippen LogP contribution in [-0.4, -0.2) is 49.1 Å². The van der Waals surface area contributed by atoms with Crippen LogP contribution in [0.4, 0.5) is 8.78 Å². The molecule has 0 unspecified atom stereocenters. The van der Waals surface area contributed by atoms with Crippen molar-refractivity contribution in [1.82, 2.24) is 4.90 Å². The monoisotopic (exact) mass is 259 g/mol. The molecule has 1 rings (SSSR count). The second-order valence-corrected chi connectivity index (χ2v) is 3.83. The van der Waals surface area contributed by atoms with Crippen LogP contribution in [0.5, 0.6) is 5.75 Å². The van der Waals surface area contributed by atoms with Gasteiger partial charge in [-0.05, 0) is 25.2 Å². The van der Waals surface area contributed by atoms with Crippen molar-refractivity contribution in [3.05, 3.63) is 29.8 Å². The van der Waals surface area contributed by atoms with Crippen molar-refractivity contribution in [2.75, 3.05) is 26.7 Å². The third-order valence-electron chi connectivity index (χ3n) is 2.27. The topological polar surface area (TPSA) is 49.8 Å². The molecule has 0 atom stereocenters. The summed E-state index contributed by atoms with van der Waals surface area (Å²) in [5, 5.41) is 8.77. The van der Waals surface area contributed by atoms with E-state index in [2.05, 4.69) is 0 Å². The van der Waals surface area contributed by atoms with Gasteiger partial charge in [-0.25, -0.2) is 13.6 Å². The SMILES string of the molecule is CN(CCOc1cccc(C(=O)O)c1)CC(F)F. The smallest absolute Gasteiger partial charge is 0.335 e. The third-order valence-corrected chi connectivity index (χ3v) is 2.27. The first-order chi connectivity index (χ1) is 8.49. The minimum atomic E-state index is -2.37. The van der Waals surface area contributed by atoms with Gasteiger partial charge in [0.1, 0.15) is 12.4 Å². The molecule has 0 amide bonds. The Morgan fingerprint density at radius 2 is 2.22 bits per heavy atom. The van der Waals surface area contributed by atoms with Gasteiger partial charge in [0.2, 0.25) is 0 Å². The molecule has 0 saturated carbocycles. The summed E-state index contributed by atoms with van der Waals surface area (Å²) >= 11 is 0. The van der Waals surface area contributed by atoms with Crippen LogP contribution >= 0.6 is 0 Å². The quantitative estimate of drug-likeness (QED) is 0.813. The van der Waals surface area contributed by atoms with Crippen molar-refractivity contribution < 1.29 is 23.4 Å². The molecule has 1 aromatic rings. The van der Waals surface area contributed by atoms with E-state index in [1.54, 1.807) is 19.2 Å². The molecular formula is C12H15F2NO3. The van der Waals surface area contributed by atoms with Gasteiger partial charge in [-0.2, -0.15) is 0 Å². The zero-order chi connectivity index (χ0) is 13.5. The Hall–Kier alpha value is -1.69. The van der Waals surface area contributed by atoms with Crippen molar-refractivity contribution in [2.24, 2.45) is 0 Å². The van der Waals surface area contributed by atoms with Crippen LogP contribution in [0, 0.1) is 0 Å². The molecule has 4 nitrogen and oxygen atoms in total. The fraction of sp³-hybridized carbons (Fsp3) is 0.417. The van der Waals surface area contributed by atoms with Gasteiger partial charge in [0.25, 0.3) is 6.43 Å². The van der Waals surface area contributed by atoms with E-state index in [9.17, 15) is 13.6 Å². The summed E-state index contributed by atoms with van der Waals surface area (Å²) in [6, 6.07) is 6.05. The number of carbonyl (C=O) groups is 1. The lowest BCUT2D eigenvalue weighted by Gasteiger charge is -2.16. The number of hydrogen-bond acceptors (Lipinski definition) is 3. The number of aromatic carboxylic acids is 1. The molecule has 1 N–H and O–H groups in total. The molecule has 0 heterocycles. The highest BCUT2D eigenvalue weighted by atomic mass is 19.3. The molecule has 18 heavy (non-hydrogen) atoms. The van der Waals surface area contributed by atoms with Crippen molar-refractivity contribution >= 4 is 5.97 Å². The van der Waals surface area contributed by atoms with Crippen LogP contribution < -0.4 is 4.74 Å². The first-order valence-corrected chi connectivity index (χ1v) is 5.42. The number of halogens is 2. The number of carboxylic acids is 1. The number of alkyl halides is 2. The molecule has 0 bridgehead atoms. The predicted octanol–water partition coefficient (Wildman–Crippen LogP) is 1.96. The highest BCUT2D eigenvalue weighted by Gasteiger charge is 2.08. The van der Waals surface area contributed by atoms with Crippen LogP contribution in [0.15, 0.2) is 24.3 Å². The van der Waals surface area contributed by atoms with Gasteiger partial charge < -0.3 is 9.84 Å². The standard InChI is InChI=1S/C12H15F2NO3/c1-15(8-11(13)14)5-6-18-10-4-2-3-9(7-10)12(16)17/h2-4,7,11H,5-6,8H2,1H3,(H,16,17). The maximum absolute atomic E-state index is 12.0. The molecule has 0 aliphatic heterocycles. The molecule has 0 aliphatic rings. The van der Waals surface area contributed by atoms with Gasteiger partial charge in [-0.15, -0.1) is 0 Å². The summed E-state index contributed by atoms with van der Waals surface area (Å²) in [5.41, 5.74) is 0.133. The highest BCUT2D eigenvalue weighted by molar-refractivity contribution is 5.87. The Morgan fingerprint density at radius 1 is 1.50 bits per heavy atom. The van der Waals surface area contributed by atoms with Crippen LogP contribution in [-0.2, 0) is 0 Å². The molecule has 0 aromatic heterocycles. The molecular weight excluding hydrogens is 244 g/mol. The zero-order valence-corrected chi connectivity index (χ0v) is 9.97. The van der Waals surface area contributed by atoms with E-state index in [-0.39, 0.29) is 18.7 Å². The van der Waals surface area contributed by atoms with E-state index < -0.39 is 12.4 Å². The Bertz CT molecular complexity index is 399. The van der Waals surface area contributed by atoms with Gasteiger partial charge in [-0.1, -0.05) is 6.07 Å². The van der Waals surface area contributed by atoms with E-state index in [0.29, 0.717) is 12.3 Å². The summed E-state index contributed by atoms with van der Waals surface area (Å²) in [4.78, 5) is 12.2. The van der Waals surface area contributed by atoms with Crippen LogP contribution in [0.25, 0.3) is 0 Å². The number of ether oxygens (including phenoxy) is 1. The van der Waals surface area contributed by atoms with Crippen LogP contribution in [0.1, 0.15) is 10.4 Å². The van der Waals surface area contributed by atoms with Crippen LogP contribution in [0.2, 0.25) is 0 Å². The van der Waals surface area contributed by atoms with E-state index in [4.69, 9.17) is 9.84 Å². The summed E-state index contributed by atoms with van der Waals surface area (Å²) in [5.74, 6) is -0.615. The van der Waals surface area contributed by atoms with Crippen molar-refractivity contribution in [1.29, 1.82) is 0 Å². The van der Waals surface area contributed by atoms with E-state index >= 15 is 0 Å². The summed E-state index contributed by atoms with van der Waals surface area (Å²) in [6.07, 6.45) is -2.37. The molecule has 1 aromatic carbocycles. The summed E-state index contributed by atoms with van der Waals surface area (Å²) in [7, 11) is 1.57. The van der Waals surface area contributed by atoms with Gasteiger partial charge in [0.15, 0.2) is 0 Å². The maximum atomic E-state index is 12.0. The molecule has 100 valence electrons.